The number of aromatic nitrogens is 1. The van der Waals surface area contributed by atoms with Crippen LogP contribution >= 0.6 is 11.6 Å². The lowest BCUT2D eigenvalue weighted by Crippen LogP contribution is -2.19. The molecule has 0 spiro atoms. The molecule has 2 rings (SSSR count). The molecule has 0 unspecified atom stereocenters. The Balaban J connectivity index is 2.13. The molecule has 86 valence electrons. The zero-order chi connectivity index (χ0) is 11.5. The molecule has 4 heteroatoms. The summed E-state index contributed by atoms with van der Waals surface area (Å²) < 4.78 is 5.49. The second-order valence-electron chi connectivity index (χ2n) is 3.98. The molecule has 0 radical (unpaired) electrons. The number of rotatable bonds is 4. The third-order valence-electron chi connectivity index (χ3n) is 2.55. The van der Waals surface area contributed by atoms with E-state index in [1.807, 2.05) is 20.0 Å². The number of hydrogen-bond acceptors (Lipinski definition) is 3. The third-order valence-corrected chi connectivity index (χ3v) is 2.95. The van der Waals surface area contributed by atoms with Crippen molar-refractivity contribution in [2.75, 3.05) is 19.6 Å². The van der Waals surface area contributed by atoms with Gasteiger partial charge in [-0.2, -0.15) is 0 Å². The molecule has 3 nitrogen and oxygen atoms in total. The topological polar surface area (TPSA) is 29.3 Å². The molecule has 1 heterocycles. The maximum Gasteiger partial charge on any atom is 0.192 e. The summed E-state index contributed by atoms with van der Waals surface area (Å²) in [5.41, 5.74) is 3.04. The minimum absolute atomic E-state index is 0.559. The van der Waals surface area contributed by atoms with Gasteiger partial charge in [-0.25, -0.2) is 4.98 Å². The van der Waals surface area contributed by atoms with Crippen LogP contribution in [0.4, 0.5) is 0 Å². The van der Waals surface area contributed by atoms with E-state index in [-0.39, 0.29) is 0 Å². The first kappa shape index (κ1) is 11.4. The van der Waals surface area contributed by atoms with Gasteiger partial charge in [0.2, 0.25) is 0 Å². The molecule has 0 aliphatic carbocycles. The van der Waals surface area contributed by atoms with Gasteiger partial charge in [0.15, 0.2) is 11.5 Å². The maximum atomic E-state index is 5.71. The molecule has 0 atom stereocenters. The molecule has 0 bridgehead atoms. The van der Waals surface area contributed by atoms with E-state index in [2.05, 4.69) is 22.0 Å². The molecule has 0 saturated heterocycles. The van der Waals surface area contributed by atoms with E-state index in [4.69, 9.17) is 16.0 Å². The van der Waals surface area contributed by atoms with Gasteiger partial charge in [0, 0.05) is 13.5 Å². The number of oxazole rings is 1. The van der Waals surface area contributed by atoms with Crippen LogP contribution in [0.5, 0.6) is 0 Å². The number of likely N-dealkylation sites (N-methyl/N-ethyl adjacent to an activating group) is 1. The Morgan fingerprint density at radius 1 is 1.44 bits per heavy atom. The average Bonchev–Trinajstić information content (AvgIpc) is 2.65. The second-order valence-corrected chi connectivity index (χ2v) is 4.22. The molecular weight excluding hydrogens is 224 g/mol. The number of halogens is 1. The predicted molar refractivity (Wildman–Crippen MR) is 65.8 cm³/mol. The largest absolute Gasteiger partial charge is 0.441 e. The first-order valence-corrected chi connectivity index (χ1v) is 5.83. The van der Waals surface area contributed by atoms with Crippen LogP contribution in [0.15, 0.2) is 22.6 Å². The van der Waals surface area contributed by atoms with Crippen molar-refractivity contribution < 1.29 is 4.42 Å². The summed E-state index contributed by atoms with van der Waals surface area (Å²) >= 11 is 5.71. The summed E-state index contributed by atoms with van der Waals surface area (Å²) in [5, 5.41) is 0. The van der Waals surface area contributed by atoms with Crippen molar-refractivity contribution in [1.82, 2.24) is 9.88 Å². The SMILES string of the molecule is Cc1nc2ccc(CCN(C)CCl)cc2o1. The smallest absolute Gasteiger partial charge is 0.192 e. The van der Waals surface area contributed by atoms with Gasteiger partial charge in [-0.1, -0.05) is 6.07 Å². The van der Waals surface area contributed by atoms with Crippen LogP contribution in [0.3, 0.4) is 0 Å². The highest BCUT2D eigenvalue weighted by Crippen LogP contribution is 2.17. The predicted octanol–water partition coefficient (Wildman–Crippen LogP) is 2.81. The molecular formula is C12H15ClN2O. The average molecular weight is 239 g/mol. The van der Waals surface area contributed by atoms with Gasteiger partial charge in [-0.05, 0) is 31.2 Å². The lowest BCUT2D eigenvalue weighted by molar-refractivity contribution is 0.394. The zero-order valence-corrected chi connectivity index (χ0v) is 10.3. The lowest BCUT2D eigenvalue weighted by Gasteiger charge is -2.11. The maximum absolute atomic E-state index is 5.71. The van der Waals surface area contributed by atoms with Crippen molar-refractivity contribution in [2.45, 2.75) is 13.3 Å². The van der Waals surface area contributed by atoms with E-state index in [1.54, 1.807) is 0 Å². The monoisotopic (exact) mass is 238 g/mol. The summed E-state index contributed by atoms with van der Waals surface area (Å²) in [6.45, 7) is 2.81. The van der Waals surface area contributed by atoms with E-state index >= 15 is 0 Å². The lowest BCUT2D eigenvalue weighted by atomic mass is 10.1. The highest BCUT2D eigenvalue weighted by molar-refractivity contribution is 6.17. The second kappa shape index (κ2) is 4.85. The van der Waals surface area contributed by atoms with Crippen LogP contribution < -0.4 is 0 Å². The summed E-state index contributed by atoms with van der Waals surface area (Å²) in [4.78, 5) is 6.33. The highest BCUT2D eigenvalue weighted by atomic mass is 35.5. The highest BCUT2D eigenvalue weighted by Gasteiger charge is 2.04. The number of aryl methyl sites for hydroxylation is 1. The molecule has 2 aromatic rings. The van der Waals surface area contributed by atoms with Crippen molar-refractivity contribution in [3.8, 4) is 0 Å². The van der Waals surface area contributed by atoms with Crippen LogP contribution in [0.2, 0.25) is 0 Å². The van der Waals surface area contributed by atoms with Crippen molar-refractivity contribution >= 4 is 22.7 Å². The Hall–Kier alpha value is -1.06. The Labute approximate surface area is 100 Å². The van der Waals surface area contributed by atoms with Gasteiger partial charge < -0.3 is 4.42 Å². The van der Waals surface area contributed by atoms with E-state index < -0.39 is 0 Å². The molecule has 0 aliphatic rings. The molecule has 1 aromatic heterocycles. The van der Waals surface area contributed by atoms with E-state index in [9.17, 15) is 0 Å². The molecule has 0 N–H and O–H groups in total. The molecule has 0 saturated carbocycles. The summed E-state index contributed by atoms with van der Waals surface area (Å²) in [7, 11) is 2.00. The minimum atomic E-state index is 0.559. The van der Waals surface area contributed by atoms with Crippen LogP contribution in [0.25, 0.3) is 11.1 Å². The van der Waals surface area contributed by atoms with Crippen molar-refractivity contribution in [3.05, 3.63) is 29.7 Å². The van der Waals surface area contributed by atoms with Gasteiger partial charge in [0.25, 0.3) is 0 Å². The molecule has 1 aromatic carbocycles. The Morgan fingerprint density at radius 3 is 3.00 bits per heavy atom. The fourth-order valence-corrected chi connectivity index (χ4v) is 1.74. The van der Waals surface area contributed by atoms with Crippen LogP contribution in [-0.2, 0) is 6.42 Å². The van der Waals surface area contributed by atoms with Gasteiger partial charge in [-0.15, -0.1) is 11.6 Å². The number of nitrogens with zero attached hydrogens (tertiary/aromatic N) is 2. The zero-order valence-electron chi connectivity index (χ0n) is 9.53. The number of fused-ring (bicyclic) bond motifs is 1. The van der Waals surface area contributed by atoms with Crippen LogP contribution in [0.1, 0.15) is 11.5 Å². The first-order chi connectivity index (χ1) is 7.69. The van der Waals surface area contributed by atoms with Gasteiger partial charge in [0.05, 0.1) is 6.00 Å². The summed E-state index contributed by atoms with van der Waals surface area (Å²) in [6.07, 6.45) is 0.971. The minimum Gasteiger partial charge on any atom is -0.441 e. The number of alkyl halides is 1. The Morgan fingerprint density at radius 2 is 2.25 bits per heavy atom. The van der Waals surface area contributed by atoms with E-state index in [0.717, 1.165) is 24.1 Å². The Bertz CT molecular complexity index is 481. The molecule has 16 heavy (non-hydrogen) atoms. The fraction of sp³-hybridized carbons (Fsp3) is 0.417. The van der Waals surface area contributed by atoms with E-state index in [1.165, 1.54) is 5.56 Å². The fourth-order valence-electron chi connectivity index (χ4n) is 1.62. The Kier molecular flexibility index (Phi) is 3.46. The number of benzene rings is 1. The van der Waals surface area contributed by atoms with Crippen LogP contribution in [0, 0.1) is 6.92 Å². The summed E-state index contributed by atoms with van der Waals surface area (Å²) in [6, 6.07) is 6.70. The molecule has 0 fully saturated rings. The standard InChI is InChI=1S/C12H15ClN2O/c1-9-14-11-4-3-10(7-12(11)16-9)5-6-15(2)8-13/h3-4,7H,5-6,8H2,1-2H3. The van der Waals surface area contributed by atoms with E-state index in [0.29, 0.717) is 11.9 Å². The van der Waals surface area contributed by atoms with Crippen LogP contribution in [-0.4, -0.2) is 29.5 Å². The van der Waals surface area contributed by atoms with Gasteiger partial charge in [0.1, 0.15) is 5.52 Å². The quantitative estimate of drug-likeness (QED) is 0.606. The number of hydrogen-bond donors (Lipinski definition) is 0. The van der Waals surface area contributed by atoms with Crippen molar-refractivity contribution in [1.29, 1.82) is 0 Å². The van der Waals surface area contributed by atoms with Crippen molar-refractivity contribution in [2.24, 2.45) is 0 Å². The van der Waals surface area contributed by atoms with Crippen molar-refractivity contribution in [3.63, 3.8) is 0 Å². The molecule has 0 aliphatic heterocycles. The van der Waals surface area contributed by atoms with Gasteiger partial charge in [-0.3, -0.25) is 4.90 Å². The molecule has 0 amide bonds. The third kappa shape index (κ3) is 2.54. The normalized spacial score (nSPS) is 11.5. The summed E-state index contributed by atoms with van der Waals surface area (Å²) in [5.74, 6) is 0.713. The first-order valence-electron chi connectivity index (χ1n) is 5.29. The van der Waals surface area contributed by atoms with Gasteiger partial charge >= 0.3 is 0 Å².